The Kier molecular flexibility index (Phi) is 5.61. The van der Waals surface area contributed by atoms with E-state index in [0.717, 1.165) is 23.4 Å². The van der Waals surface area contributed by atoms with Crippen LogP contribution < -0.4 is 4.74 Å². The Morgan fingerprint density at radius 1 is 1.11 bits per heavy atom. The van der Waals surface area contributed by atoms with Crippen LogP contribution in [0.4, 0.5) is 0 Å². The van der Waals surface area contributed by atoms with Crippen molar-refractivity contribution in [2.75, 3.05) is 6.54 Å². The molecule has 1 aliphatic rings. The van der Waals surface area contributed by atoms with Gasteiger partial charge in [0.05, 0.1) is 12.7 Å². The van der Waals surface area contributed by atoms with Crippen LogP contribution in [-0.2, 0) is 17.9 Å². The number of ether oxygens (including phenoxy) is 2. The van der Waals surface area contributed by atoms with Crippen molar-refractivity contribution in [3.05, 3.63) is 65.2 Å². The summed E-state index contributed by atoms with van der Waals surface area (Å²) < 4.78 is 11.6. The first-order chi connectivity index (χ1) is 12.6. The molecule has 27 heavy (non-hydrogen) atoms. The molecule has 0 aliphatic carbocycles. The van der Waals surface area contributed by atoms with Gasteiger partial charge < -0.3 is 14.6 Å². The summed E-state index contributed by atoms with van der Waals surface area (Å²) >= 11 is 0. The molecule has 0 bridgehead atoms. The number of β-amino-alcohol motifs (C(OH)–C–C–N with tert-alkyl or cyclic N) is 1. The highest BCUT2D eigenvalue weighted by Crippen LogP contribution is 2.33. The minimum Gasteiger partial charge on any atom is -0.463 e. The Bertz CT molecular complexity index is 765. The van der Waals surface area contributed by atoms with Crippen molar-refractivity contribution in [2.24, 2.45) is 0 Å². The molecule has 0 saturated heterocycles. The summed E-state index contributed by atoms with van der Waals surface area (Å²) in [5, 5.41) is 10.9. The van der Waals surface area contributed by atoms with Crippen LogP contribution in [0, 0.1) is 0 Å². The summed E-state index contributed by atoms with van der Waals surface area (Å²) in [4.78, 5) is 2.31. The molecule has 146 valence electrons. The highest BCUT2D eigenvalue weighted by molar-refractivity contribution is 5.39. The molecule has 4 nitrogen and oxygen atoms in total. The monoisotopic (exact) mass is 369 g/mol. The predicted octanol–water partition coefficient (Wildman–Crippen LogP) is 4.67. The quantitative estimate of drug-likeness (QED) is 0.832. The molecule has 0 aromatic heterocycles. The van der Waals surface area contributed by atoms with E-state index in [4.69, 9.17) is 9.47 Å². The third-order valence-electron chi connectivity index (χ3n) is 4.96. The average Bonchev–Trinajstić information content (AvgIpc) is 2.60. The number of benzene rings is 2. The lowest BCUT2D eigenvalue weighted by molar-refractivity contribution is -0.180. The first kappa shape index (κ1) is 19.9. The van der Waals surface area contributed by atoms with Gasteiger partial charge in [-0.25, -0.2) is 0 Å². The molecule has 1 N–H and O–H groups in total. The maximum atomic E-state index is 10.9. The van der Waals surface area contributed by atoms with Gasteiger partial charge >= 0.3 is 0 Å². The number of aliphatic hydroxyl groups excluding tert-OH is 1. The second-order valence-electron chi connectivity index (χ2n) is 8.71. The van der Waals surface area contributed by atoms with Crippen molar-refractivity contribution in [1.29, 1.82) is 0 Å². The average molecular weight is 370 g/mol. The molecule has 3 rings (SSSR count). The summed E-state index contributed by atoms with van der Waals surface area (Å²) in [6.45, 7) is 12.2. The van der Waals surface area contributed by atoms with Crippen molar-refractivity contribution in [3.63, 3.8) is 0 Å². The Labute approximate surface area is 162 Å². The first-order valence-corrected chi connectivity index (χ1v) is 9.57. The summed E-state index contributed by atoms with van der Waals surface area (Å²) in [7, 11) is 0. The second kappa shape index (κ2) is 7.63. The summed E-state index contributed by atoms with van der Waals surface area (Å²) in [5.41, 5.74) is 3.06. The van der Waals surface area contributed by atoms with Gasteiger partial charge in [-0.1, -0.05) is 36.4 Å². The predicted molar refractivity (Wildman–Crippen MR) is 108 cm³/mol. The fraction of sp³-hybridized carbons (Fsp3) is 0.478. The number of nitrogens with zero attached hydrogens (tertiary/aromatic N) is 1. The van der Waals surface area contributed by atoms with E-state index in [-0.39, 0.29) is 5.54 Å². The lowest BCUT2D eigenvalue weighted by atomic mass is 10.00. The number of aliphatic hydroxyl groups is 1. The summed E-state index contributed by atoms with van der Waals surface area (Å²) in [6.07, 6.45) is -0.576. The molecule has 4 heteroatoms. The van der Waals surface area contributed by atoms with E-state index in [0.29, 0.717) is 13.2 Å². The van der Waals surface area contributed by atoms with Gasteiger partial charge in [0.15, 0.2) is 0 Å². The van der Waals surface area contributed by atoms with Crippen LogP contribution in [0.25, 0.3) is 0 Å². The van der Waals surface area contributed by atoms with E-state index in [9.17, 15) is 5.11 Å². The standard InChI is InChI=1S/C23H31NO3/c1-22(2,3)24(14-17-9-7-6-8-10-17)15-20(25)18-11-12-21-19(13-18)16-26-23(4,5)27-21/h6-13,20,25H,14-16H2,1-5H3. The van der Waals surface area contributed by atoms with E-state index >= 15 is 0 Å². The van der Waals surface area contributed by atoms with Crippen LogP contribution in [0.5, 0.6) is 5.75 Å². The zero-order valence-corrected chi connectivity index (χ0v) is 17.0. The van der Waals surface area contributed by atoms with Gasteiger partial charge in [0.1, 0.15) is 5.75 Å². The summed E-state index contributed by atoms with van der Waals surface area (Å²) in [5.74, 6) is 0.227. The highest BCUT2D eigenvalue weighted by Gasteiger charge is 2.29. The Morgan fingerprint density at radius 2 is 1.81 bits per heavy atom. The van der Waals surface area contributed by atoms with Crippen LogP contribution in [0.15, 0.2) is 48.5 Å². The molecule has 0 fully saturated rings. The van der Waals surface area contributed by atoms with Crippen molar-refractivity contribution in [2.45, 2.75) is 65.2 Å². The van der Waals surface area contributed by atoms with Crippen LogP contribution in [0.3, 0.4) is 0 Å². The van der Waals surface area contributed by atoms with Gasteiger partial charge in [0.2, 0.25) is 5.79 Å². The Hall–Kier alpha value is -1.88. The van der Waals surface area contributed by atoms with Crippen molar-refractivity contribution in [1.82, 2.24) is 4.90 Å². The van der Waals surface area contributed by atoms with Crippen molar-refractivity contribution >= 4 is 0 Å². The lowest BCUT2D eigenvalue weighted by Crippen LogP contribution is -2.43. The highest BCUT2D eigenvalue weighted by atomic mass is 16.7. The molecule has 0 saturated carbocycles. The van der Waals surface area contributed by atoms with E-state index in [1.807, 2.05) is 38.1 Å². The minimum absolute atomic E-state index is 0.0543. The fourth-order valence-corrected chi connectivity index (χ4v) is 3.26. The molecule has 2 aromatic carbocycles. The second-order valence-corrected chi connectivity index (χ2v) is 8.71. The van der Waals surface area contributed by atoms with E-state index < -0.39 is 11.9 Å². The van der Waals surface area contributed by atoms with Gasteiger partial charge in [0.25, 0.3) is 0 Å². The number of fused-ring (bicyclic) bond motifs is 1. The third kappa shape index (κ3) is 5.10. The Balaban J connectivity index is 1.75. The van der Waals surface area contributed by atoms with Crippen LogP contribution in [0.1, 0.15) is 57.4 Å². The first-order valence-electron chi connectivity index (χ1n) is 9.57. The molecule has 0 spiro atoms. The number of rotatable bonds is 5. The van der Waals surface area contributed by atoms with Crippen LogP contribution in [0.2, 0.25) is 0 Å². The van der Waals surface area contributed by atoms with E-state index in [1.165, 1.54) is 5.56 Å². The van der Waals surface area contributed by atoms with Crippen LogP contribution >= 0.6 is 0 Å². The molecule has 0 radical (unpaired) electrons. The van der Waals surface area contributed by atoms with Gasteiger partial charge in [-0.15, -0.1) is 0 Å². The minimum atomic E-state index is -0.605. The SMILES string of the molecule is CC1(C)OCc2cc(C(O)CN(Cc3ccccc3)C(C)(C)C)ccc2O1. The molecular formula is C23H31NO3. The smallest absolute Gasteiger partial charge is 0.205 e. The van der Waals surface area contributed by atoms with E-state index in [1.54, 1.807) is 0 Å². The normalized spacial score (nSPS) is 17.3. The molecular weight excluding hydrogens is 338 g/mol. The lowest BCUT2D eigenvalue weighted by Gasteiger charge is -2.37. The molecule has 1 atom stereocenters. The van der Waals surface area contributed by atoms with Gasteiger partial charge in [-0.2, -0.15) is 0 Å². The van der Waals surface area contributed by atoms with Crippen LogP contribution in [-0.4, -0.2) is 27.9 Å². The number of hydrogen-bond acceptors (Lipinski definition) is 4. The topological polar surface area (TPSA) is 41.9 Å². The summed E-state index contributed by atoms with van der Waals surface area (Å²) in [6, 6.07) is 16.3. The molecule has 0 amide bonds. The zero-order chi connectivity index (χ0) is 19.7. The van der Waals surface area contributed by atoms with Crippen molar-refractivity contribution in [3.8, 4) is 5.75 Å². The van der Waals surface area contributed by atoms with Gasteiger partial charge in [-0.3, -0.25) is 4.90 Å². The number of hydrogen-bond donors (Lipinski definition) is 1. The molecule has 2 aromatic rings. The van der Waals surface area contributed by atoms with Gasteiger partial charge in [-0.05, 0) is 44.0 Å². The molecule has 1 heterocycles. The maximum absolute atomic E-state index is 10.9. The molecule has 1 unspecified atom stereocenters. The third-order valence-corrected chi connectivity index (χ3v) is 4.96. The largest absolute Gasteiger partial charge is 0.463 e. The maximum Gasteiger partial charge on any atom is 0.205 e. The van der Waals surface area contributed by atoms with Crippen molar-refractivity contribution < 1.29 is 14.6 Å². The fourth-order valence-electron chi connectivity index (χ4n) is 3.26. The zero-order valence-electron chi connectivity index (χ0n) is 17.0. The van der Waals surface area contributed by atoms with E-state index in [2.05, 4.69) is 49.9 Å². The molecule has 1 aliphatic heterocycles. The Morgan fingerprint density at radius 3 is 2.48 bits per heavy atom. The van der Waals surface area contributed by atoms with Gasteiger partial charge in [0, 0.05) is 38.0 Å².